The van der Waals surface area contributed by atoms with Crippen molar-refractivity contribution in [3.63, 3.8) is 0 Å². The smallest absolute Gasteiger partial charge is 0.387 e. The first-order chi connectivity index (χ1) is 8.47. The highest BCUT2D eigenvalue weighted by Crippen LogP contribution is 2.27. The lowest BCUT2D eigenvalue weighted by Gasteiger charge is -2.13. The first kappa shape index (κ1) is 14.7. The Balaban J connectivity index is 3.12. The largest absolute Gasteiger partial charge is 0.469 e. The quantitative estimate of drug-likeness (QED) is 0.613. The van der Waals surface area contributed by atoms with Crippen LogP contribution in [0.15, 0.2) is 12.1 Å². The number of esters is 1. The van der Waals surface area contributed by atoms with Crippen molar-refractivity contribution in [2.75, 3.05) is 7.11 Å². The van der Waals surface area contributed by atoms with E-state index >= 15 is 0 Å². The van der Waals surface area contributed by atoms with Gasteiger partial charge in [-0.05, 0) is 24.1 Å². The molecule has 0 atom stereocenters. The molecule has 1 aromatic rings. The van der Waals surface area contributed by atoms with Crippen LogP contribution in [0.2, 0.25) is 0 Å². The number of rotatable bonds is 5. The molecule has 0 radical (unpaired) electrons. The first-order valence-electron chi connectivity index (χ1n) is 5.18. The number of halogens is 3. The molecule has 1 aromatic carbocycles. The minimum Gasteiger partial charge on any atom is -0.469 e. The fraction of sp³-hybridized carbons (Fsp3) is 0.417. The third kappa shape index (κ3) is 3.84. The normalized spacial score (nSPS) is 10.6. The van der Waals surface area contributed by atoms with Crippen molar-refractivity contribution in [2.24, 2.45) is 0 Å². The van der Waals surface area contributed by atoms with Crippen LogP contribution in [0, 0.1) is 6.92 Å². The summed E-state index contributed by atoms with van der Waals surface area (Å²) in [7, 11) is 1.23. The first-order valence-corrected chi connectivity index (χ1v) is 5.71. The highest BCUT2D eigenvalue weighted by Gasteiger charge is 2.15. The zero-order valence-electron chi connectivity index (χ0n) is 10.0. The Hall–Kier alpha value is -1.36. The Morgan fingerprint density at radius 2 is 2.06 bits per heavy atom. The van der Waals surface area contributed by atoms with Gasteiger partial charge in [-0.2, -0.15) is 8.78 Å². The lowest BCUT2D eigenvalue weighted by molar-refractivity contribution is -0.139. The van der Waals surface area contributed by atoms with Crippen LogP contribution in [-0.4, -0.2) is 19.7 Å². The Morgan fingerprint density at radius 3 is 2.56 bits per heavy atom. The summed E-state index contributed by atoms with van der Waals surface area (Å²) in [5, 5.41) is 0. The lowest BCUT2D eigenvalue weighted by atomic mass is 10.0. The molecule has 1 rings (SSSR count). The number of aryl methyl sites for hydroxylation is 1. The Bertz CT molecular complexity index is 436. The van der Waals surface area contributed by atoms with Gasteiger partial charge in [0.1, 0.15) is 5.75 Å². The highest BCUT2D eigenvalue weighted by molar-refractivity contribution is 6.17. The van der Waals surface area contributed by atoms with Crippen molar-refractivity contribution in [3.8, 4) is 5.75 Å². The molecule has 0 aromatic heterocycles. The van der Waals surface area contributed by atoms with Gasteiger partial charge in [0.2, 0.25) is 0 Å². The minimum atomic E-state index is -2.94. The average molecular weight is 279 g/mol. The molecule has 0 fully saturated rings. The molecule has 0 saturated carbocycles. The highest BCUT2D eigenvalue weighted by atomic mass is 35.5. The van der Waals surface area contributed by atoms with Crippen LogP contribution in [0.1, 0.15) is 16.7 Å². The van der Waals surface area contributed by atoms with E-state index in [1.165, 1.54) is 13.2 Å². The summed E-state index contributed by atoms with van der Waals surface area (Å²) in [6.45, 7) is -1.21. The third-order valence-electron chi connectivity index (χ3n) is 2.44. The predicted octanol–water partition coefficient (Wildman–Crippen LogP) is 3.05. The molecule has 6 heteroatoms. The molecule has 0 N–H and O–H groups in total. The second kappa shape index (κ2) is 6.54. The zero-order chi connectivity index (χ0) is 13.7. The molecular weight excluding hydrogens is 266 g/mol. The van der Waals surface area contributed by atoms with Crippen molar-refractivity contribution < 1.29 is 23.0 Å². The van der Waals surface area contributed by atoms with E-state index in [0.29, 0.717) is 5.56 Å². The second-order valence-electron chi connectivity index (χ2n) is 3.65. The average Bonchev–Trinajstić information content (AvgIpc) is 2.31. The second-order valence-corrected chi connectivity index (χ2v) is 3.92. The van der Waals surface area contributed by atoms with E-state index < -0.39 is 12.6 Å². The van der Waals surface area contributed by atoms with Crippen molar-refractivity contribution >= 4 is 17.6 Å². The molecule has 3 nitrogen and oxygen atoms in total. The molecule has 0 spiro atoms. The van der Waals surface area contributed by atoms with Crippen molar-refractivity contribution in [3.05, 3.63) is 28.8 Å². The molecule has 0 heterocycles. The summed E-state index contributed by atoms with van der Waals surface area (Å²) in [6, 6.07) is 3.03. The monoisotopic (exact) mass is 278 g/mol. The summed E-state index contributed by atoms with van der Waals surface area (Å²) in [4.78, 5) is 11.2. The molecule has 0 unspecified atom stereocenters. The van der Waals surface area contributed by atoms with Crippen LogP contribution in [0.3, 0.4) is 0 Å². The summed E-state index contributed by atoms with van der Waals surface area (Å²) in [6.07, 6.45) is -0.136. The summed E-state index contributed by atoms with van der Waals surface area (Å²) < 4.78 is 33.4. The Morgan fingerprint density at radius 1 is 1.39 bits per heavy atom. The molecular formula is C12H13ClF2O3. The summed E-state index contributed by atoms with van der Waals surface area (Å²) in [5.74, 6) is -0.324. The Labute approximate surface area is 109 Å². The maximum Gasteiger partial charge on any atom is 0.387 e. The molecule has 0 aliphatic rings. The lowest BCUT2D eigenvalue weighted by Crippen LogP contribution is -2.10. The van der Waals surface area contributed by atoms with E-state index in [2.05, 4.69) is 9.47 Å². The predicted molar refractivity (Wildman–Crippen MR) is 63.1 cm³/mol. The number of carbonyl (C=O) groups is 1. The number of hydrogen-bond acceptors (Lipinski definition) is 3. The van der Waals surface area contributed by atoms with E-state index in [1.807, 2.05) is 0 Å². The van der Waals surface area contributed by atoms with Crippen LogP contribution in [-0.2, 0) is 21.8 Å². The molecule has 0 amide bonds. The van der Waals surface area contributed by atoms with E-state index in [9.17, 15) is 13.6 Å². The van der Waals surface area contributed by atoms with Gasteiger partial charge in [-0.1, -0.05) is 6.07 Å². The van der Waals surface area contributed by atoms with Gasteiger partial charge in [-0.3, -0.25) is 4.79 Å². The number of alkyl halides is 3. The molecule has 0 bridgehead atoms. The van der Waals surface area contributed by atoms with Crippen LogP contribution >= 0.6 is 11.6 Å². The van der Waals surface area contributed by atoms with Gasteiger partial charge in [0.05, 0.1) is 13.5 Å². The standard InChI is InChI=1S/C12H13ClF2O3/c1-7-3-10(18-12(14)15)8(4-9(7)6-13)5-11(16)17-2/h3-4,12H,5-6H2,1-2H3. The number of benzene rings is 1. The Kier molecular flexibility index (Phi) is 5.34. The number of carbonyl (C=O) groups excluding carboxylic acids is 1. The number of ether oxygens (including phenoxy) is 2. The molecule has 0 saturated heterocycles. The fourth-order valence-electron chi connectivity index (χ4n) is 1.49. The maximum atomic E-state index is 12.3. The van der Waals surface area contributed by atoms with Crippen LogP contribution in [0.4, 0.5) is 8.78 Å². The molecule has 0 aliphatic heterocycles. The molecule has 0 aliphatic carbocycles. The maximum absolute atomic E-state index is 12.3. The fourth-order valence-corrected chi connectivity index (χ4v) is 1.78. The van der Waals surface area contributed by atoms with E-state index in [4.69, 9.17) is 11.6 Å². The van der Waals surface area contributed by atoms with E-state index in [-0.39, 0.29) is 18.1 Å². The molecule has 100 valence electrons. The third-order valence-corrected chi connectivity index (χ3v) is 2.73. The van der Waals surface area contributed by atoms with E-state index in [1.54, 1.807) is 13.0 Å². The zero-order valence-corrected chi connectivity index (χ0v) is 10.8. The summed E-state index contributed by atoms with van der Waals surface area (Å²) in [5.41, 5.74) is 1.83. The van der Waals surface area contributed by atoms with Gasteiger partial charge in [0.15, 0.2) is 0 Å². The topological polar surface area (TPSA) is 35.5 Å². The number of hydrogen-bond donors (Lipinski definition) is 0. The van der Waals surface area contributed by atoms with Gasteiger partial charge in [-0.25, -0.2) is 0 Å². The van der Waals surface area contributed by atoms with Crippen LogP contribution in [0.25, 0.3) is 0 Å². The van der Waals surface area contributed by atoms with Gasteiger partial charge >= 0.3 is 12.6 Å². The van der Waals surface area contributed by atoms with Crippen LogP contribution < -0.4 is 4.74 Å². The minimum absolute atomic E-state index is 0.0261. The van der Waals surface area contributed by atoms with Crippen molar-refractivity contribution in [1.29, 1.82) is 0 Å². The van der Waals surface area contributed by atoms with Gasteiger partial charge in [0, 0.05) is 11.4 Å². The molecule has 18 heavy (non-hydrogen) atoms. The van der Waals surface area contributed by atoms with Gasteiger partial charge in [0.25, 0.3) is 0 Å². The van der Waals surface area contributed by atoms with E-state index in [0.717, 1.165) is 11.1 Å². The summed E-state index contributed by atoms with van der Waals surface area (Å²) >= 11 is 5.73. The van der Waals surface area contributed by atoms with Crippen molar-refractivity contribution in [2.45, 2.75) is 25.8 Å². The SMILES string of the molecule is COC(=O)Cc1cc(CCl)c(C)cc1OC(F)F. The van der Waals surface area contributed by atoms with Crippen LogP contribution in [0.5, 0.6) is 5.75 Å². The van der Waals surface area contributed by atoms with Crippen molar-refractivity contribution in [1.82, 2.24) is 0 Å². The number of methoxy groups -OCH3 is 1. The van der Waals surface area contributed by atoms with Gasteiger partial charge < -0.3 is 9.47 Å². The van der Waals surface area contributed by atoms with Gasteiger partial charge in [-0.15, -0.1) is 11.6 Å².